The molecular formula is C14H19NO2. The summed E-state index contributed by atoms with van der Waals surface area (Å²) >= 11 is 0. The van der Waals surface area contributed by atoms with E-state index in [1.165, 1.54) is 30.5 Å². The third-order valence-electron chi connectivity index (χ3n) is 4.74. The maximum Gasteiger partial charge on any atom is 0.0807 e. The Kier molecular flexibility index (Phi) is 2.15. The molecule has 2 bridgehead atoms. The Morgan fingerprint density at radius 1 is 1.29 bits per heavy atom. The zero-order valence-corrected chi connectivity index (χ0v) is 10.0. The summed E-state index contributed by atoms with van der Waals surface area (Å²) in [6.45, 7) is 0. The number of nitrogens with zero attached hydrogens (tertiary/aromatic N) is 1. The highest BCUT2D eigenvalue weighted by molar-refractivity contribution is 5.28. The zero-order valence-electron chi connectivity index (χ0n) is 10.0. The summed E-state index contributed by atoms with van der Waals surface area (Å²) < 4.78 is 8.35. The Bertz CT molecular complexity index is 439. The van der Waals surface area contributed by atoms with Gasteiger partial charge in [-0.3, -0.25) is 0 Å². The third-order valence-corrected chi connectivity index (χ3v) is 4.74. The molecule has 1 N–H and O–H groups in total. The van der Waals surface area contributed by atoms with Crippen LogP contribution in [0.2, 0.25) is 0 Å². The van der Waals surface area contributed by atoms with Gasteiger partial charge in [-0.2, -0.15) is 0 Å². The van der Waals surface area contributed by atoms with Crippen molar-refractivity contribution >= 4 is 0 Å². The summed E-state index contributed by atoms with van der Waals surface area (Å²) in [5.74, 6) is 0. The molecule has 3 aliphatic rings. The molecule has 0 aromatic carbocycles. The predicted molar refractivity (Wildman–Crippen MR) is 63.9 cm³/mol. The second-order valence-corrected chi connectivity index (χ2v) is 5.71. The molecule has 4 unspecified atom stereocenters. The van der Waals surface area contributed by atoms with Crippen molar-refractivity contribution in [3.63, 3.8) is 0 Å². The normalized spacial score (nSPS) is 39.6. The van der Waals surface area contributed by atoms with Crippen molar-refractivity contribution < 1.29 is 9.84 Å². The summed E-state index contributed by atoms with van der Waals surface area (Å²) in [6.07, 6.45) is 9.64. The molecule has 4 atom stereocenters. The Labute approximate surface area is 101 Å². The van der Waals surface area contributed by atoms with Crippen molar-refractivity contribution in [2.75, 3.05) is 0 Å². The summed E-state index contributed by atoms with van der Waals surface area (Å²) in [7, 11) is 0. The fourth-order valence-corrected chi connectivity index (χ4v) is 3.91. The highest BCUT2D eigenvalue weighted by atomic mass is 16.5. The van der Waals surface area contributed by atoms with E-state index in [9.17, 15) is 5.11 Å². The average Bonchev–Trinajstić information content (AvgIpc) is 3.03. The van der Waals surface area contributed by atoms with Gasteiger partial charge >= 0.3 is 0 Å². The molecule has 0 amide bonds. The van der Waals surface area contributed by atoms with Gasteiger partial charge in [-0.1, -0.05) is 0 Å². The number of aliphatic hydroxyl groups excluding tert-OH is 1. The molecule has 3 nitrogen and oxygen atoms in total. The van der Waals surface area contributed by atoms with Crippen LogP contribution in [-0.2, 0) is 11.2 Å². The van der Waals surface area contributed by atoms with Crippen molar-refractivity contribution in [3.05, 3.63) is 23.5 Å². The first-order chi connectivity index (χ1) is 8.33. The van der Waals surface area contributed by atoms with Crippen molar-refractivity contribution in [2.45, 2.75) is 62.9 Å². The van der Waals surface area contributed by atoms with Crippen molar-refractivity contribution in [2.24, 2.45) is 0 Å². The number of hydrogen-bond donors (Lipinski definition) is 1. The molecule has 17 heavy (non-hydrogen) atoms. The van der Waals surface area contributed by atoms with Crippen LogP contribution in [0, 0.1) is 0 Å². The van der Waals surface area contributed by atoms with Crippen LogP contribution in [0.4, 0.5) is 0 Å². The molecule has 2 fully saturated rings. The van der Waals surface area contributed by atoms with E-state index in [4.69, 9.17) is 4.74 Å². The monoisotopic (exact) mass is 233 g/mol. The van der Waals surface area contributed by atoms with Gasteiger partial charge in [-0.15, -0.1) is 0 Å². The standard InChI is InChI=1S/C14H19NO2/c16-13-3-1-2-11-10(13)6-7-15(11)12-8-9-4-5-14(12)17-9/h6-7,9,12-14,16H,1-5,8H2. The minimum atomic E-state index is -0.237. The van der Waals surface area contributed by atoms with Gasteiger partial charge in [0.25, 0.3) is 0 Å². The topological polar surface area (TPSA) is 34.4 Å². The molecule has 1 aromatic rings. The molecule has 1 aliphatic carbocycles. The lowest BCUT2D eigenvalue weighted by Crippen LogP contribution is -2.23. The van der Waals surface area contributed by atoms with E-state index in [2.05, 4.69) is 16.8 Å². The van der Waals surface area contributed by atoms with E-state index >= 15 is 0 Å². The van der Waals surface area contributed by atoms with Gasteiger partial charge in [0.2, 0.25) is 0 Å². The second-order valence-electron chi connectivity index (χ2n) is 5.71. The highest BCUT2D eigenvalue weighted by Gasteiger charge is 2.42. The van der Waals surface area contributed by atoms with Crippen LogP contribution in [0.5, 0.6) is 0 Å². The van der Waals surface area contributed by atoms with E-state index in [0.29, 0.717) is 18.2 Å². The Morgan fingerprint density at radius 2 is 2.24 bits per heavy atom. The van der Waals surface area contributed by atoms with Gasteiger partial charge in [-0.05, 0) is 44.6 Å². The molecule has 0 radical (unpaired) electrons. The van der Waals surface area contributed by atoms with Gasteiger partial charge in [0.15, 0.2) is 0 Å². The first-order valence-corrected chi connectivity index (χ1v) is 6.86. The molecule has 4 rings (SSSR count). The number of rotatable bonds is 1. The molecule has 2 saturated heterocycles. The first kappa shape index (κ1) is 10.2. The van der Waals surface area contributed by atoms with E-state index in [-0.39, 0.29) is 6.10 Å². The fourth-order valence-electron chi connectivity index (χ4n) is 3.91. The molecule has 92 valence electrons. The molecule has 3 heterocycles. The Balaban J connectivity index is 1.70. The minimum Gasteiger partial charge on any atom is -0.388 e. The van der Waals surface area contributed by atoms with Gasteiger partial charge in [0.1, 0.15) is 0 Å². The average molecular weight is 233 g/mol. The summed E-state index contributed by atoms with van der Waals surface area (Å²) in [5, 5.41) is 10.0. The van der Waals surface area contributed by atoms with Crippen LogP contribution in [0.25, 0.3) is 0 Å². The van der Waals surface area contributed by atoms with Crippen molar-refractivity contribution in [1.82, 2.24) is 4.57 Å². The third kappa shape index (κ3) is 1.42. The van der Waals surface area contributed by atoms with E-state index in [1.807, 2.05) is 0 Å². The van der Waals surface area contributed by atoms with E-state index < -0.39 is 0 Å². The molecule has 1 aromatic heterocycles. The van der Waals surface area contributed by atoms with Crippen LogP contribution in [-0.4, -0.2) is 21.9 Å². The number of aromatic nitrogens is 1. The van der Waals surface area contributed by atoms with E-state index in [1.54, 1.807) is 0 Å². The molecule has 3 heteroatoms. The molecule has 2 aliphatic heterocycles. The molecule has 0 saturated carbocycles. The van der Waals surface area contributed by atoms with Crippen LogP contribution >= 0.6 is 0 Å². The highest BCUT2D eigenvalue weighted by Crippen LogP contribution is 2.44. The zero-order chi connectivity index (χ0) is 11.4. The predicted octanol–water partition coefficient (Wildman–Crippen LogP) is 2.35. The lowest BCUT2D eigenvalue weighted by molar-refractivity contribution is 0.0931. The van der Waals surface area contributed by atoms with Crippen molar-refractivity contribution in [3.8, 4) is 0 Å². The number of ether oxygens (including phenoxy) is 1. The van der Waals surface area contributed by atoms with E-state index in [0.717, 1.165) is 19.3 Å². The first-order valence-electron chi connectivity index (χ1n) is 6.86. The van der Waals surface area contributed by atoms with Gasteiger partial charge < -0.3 is 14.4 Å². The summed E-state index contributed by atoms with van der Waals surface area (Å²) in [4.78, 5) is 0. The lowest BCUT2D eigenvalue weighted by atomic mass is 9.92. The smallest absolute Gasteiger partial charge is 0.0807 e. The fraction of sp³-hybridized carbons (Fsp3) is 0.714. The van der Waals surface area contributed by atoms with Crippen LogP contribution in [0.3, 0.4) is 0 Å². The van der Waals surface area contributed by atoms with Gasteiger partial charge in [0, 0.05) is 17.5 Å². The minimum absolute atomic E-state index is 0.237. The number of hydrogen-bond acceptors (Lipinski definition) is 2. The van der Waals surface area contributed by atoms with Crippen LogP contribution < -0.4 is 0 Å². The molecule has 0 spiro atoms. The number of fused-ring (bicyclic) bond motifs is 3. The van der Waals surface area contributed by atoms with Crippen LogP contribution in [0.1, 0.15) is 55.5 Å². The van der Waals surface area contributed by atoms with Crippen molar-refractivity contribution in [1.29, 1.82) is 0 Å². The summed E-state index contributed by atoms with van der Waals surface area (Å²) in [6, 6.07) is 2.65. The number of aliphatic hydroxyl groups is 1. The molecular weight excluding hydrogens is 214 g/mol. The maximum atomic E-state index is 10.0. The van der Waals surface area contributed by atoms with Crippen LogP contribution in [0.15, 0.2) is 12.3 Å². The quantitative estimate of drug-likeness (QED) is 0.808. The van der Waals surface area contributed by atoms with Gasteiger partial charge in [0.05, 0.1) is 24.4 Å². The lowest BCUT2D eigenvalue weighted by Gasteiger charge is -2.26. The maximum absolute atomic E-state index is 10.0. The second kappa shape index (κ2) is 3.59. The Morgan fingerprint density at radius 3 is 3.00 bits per heavy atom. The van der Waals surface area contributed by atoms with Gasteiger partial charge in [-0.25, -0.2) is 0 Å². The SMILES string of the molecule is OC1CCCc2c1ccn2C1CC2CCC1O2. The summed E-state index contributed by atoms with van der Waals surface area (Å²) in [5.41, 5.74) is 2.53. The largest absolute Gasteiger partial charge is 0.388 e. The Hall–Kier alpha value is -0.800.